The van der Waals surface area contributed by atoms with E-state index >= 15 is 0 Å². The highest BCUT2D eigenvalue weighted by molar-refractivity contribution is 5.87. The van der Waals surface area contributed by atoms with Gasteiger partial charge in [-0.05, 0) is 48.7 Å². The number of nitro benzene ring substituents is 1. The van der Waals surface area contributed by atoms with Crippen LogP contribution in [0.5, 0.6) is 11.6 Å². The molecule has 0 saturated carbocycles. The topological polar surface area (TPSA) is 131 Å². The van der Waals surface area contributed by atoms with Gasteiger partial charge >= 0.3 is 0 Å². The highest BCUT2D eigenvalue weighted by Gasteiger charge is 2.18. The zero-order valence-corrected chi connectivity index (χ0v) is 17.5. The molecule has 9 heteroatoms. The summed E-state index contributed by atoms with van der Waals surface area (Å²) in [4.78, 5) is 27.2. The maximum absolute atomic E-state index is 12.7. The zero-order valence-electron chi connectivity index (χ0n) is 17.5. The minimum atomic E-state index is -0.580. The van der Waals surface area contributed by atoms with Crippen LogP contribution in [0.15, 0.2) is 58.3 Å². The average Bonchev–Trinajstić information content (AvgIpc) is 2.80. The average molecular weight is 432 g/mol. The SMILES string of the molecule is COc1ccc(CCn2c(O)c(C=Nc3ccc([N+](=O)[O-])cc3)c(C)c(C#N)c2=O)cc1. The van der Waals surface area contributed by atoms with Crippen molar-refractivity contribution in [2.24, 2.45) is 4.99 Å². The Morgan fingerprint density at radius 3 is 2.44 bits per heavy atom. The van der Waals surface area contributed by atoms with Crippen LogP contribution in [0.2, 0.25) is 0 Å². The highest BCUT2D eigenvalue weighted by atomic mass is 16.6. The van der Waals surface area contributed by atoms with E-state index in [9.17, 15) is 25.3 Å². The third kappa shape index (κ3) is 4.65. The fourth-order valence-corrected chi connectivity index (χ4v) is 3.17. The number of benzene rings is 2. The number of rotatable bonds is 7. The fourth-order valence-electron chi connectivity index (χ4n) is 3.17. The van der Waals surface area contributed by atoms with E-state index in [-0.39, 0.29) is 29.2 Å². The second-order valence-electron chi connectivity index (χ2n) is 6.94. The van der Waals surface area contributed by atoms with Gasteiger partial charge in [0.25, 0.3) is 11.2 Å². The Morgan fingerprint density at radius 1 is 1.22 bits per heavy atom. The highest BCUT2D eigenvalue weighted by Crippen LogP contribution is 2.23. The summed E-state index contributed by atoms with van der Waals surface area (Å²) in [6, 6.07) is 14.8. The summed E-state index contributed by atoms with van der Waals surface area (Å²) >= 11 is 0. The quantitative estimate of drug-likeness (QED) is 0.344. The number of ether oxygens (including phenoxy) is 1. The minimum Gasteiger partial charge on any atom is -0.497 e. The van der Waals surface area contributed by atoms with Gasteiger partial charge in [0.2, 0.25) is 5.88 Å². The van der Waals surface area contributed by atoms with Crippen LogP contribution in [-0.4, -0.2) is 27.9 Å². The third-order valence-electron chi connectivity index (χ3n) is 5.03. The number of aromatic nitrogens is 1. The van der Waals surface area contributed by atoms with Gasteiger partial charge in [-0.25, -0.2) is 0 Å². The number of nitriles is 1. The number of nitrogens with zero attached hydrogens (tertiary/aromatic N) is 4. The van der Waals surface area contributed by atoms with Crippen LogP contribution in [0.1, 0.15) is 22.3 Å². The second-order valence-corrected chi connectivity index (χ2v) is 6.94. The van der Waals surface area contributed by atoms with Gasteiger partial charge in [0.15, 0.2) is 0 Å². The van der Waals surface area contributed by atoms with Crippen molar-refractivity contribution in [2.45, 2.75) is 19.9 Å². The van der Waals surface area contributed by atoms with E-state index in [2.05, 4.69) is 4.99 Å². The van der Waals surface area contributed by atoms with Crippen LogP contribution in [0.3, 0.4) is 0 Å². The molecule has 0 aliphatic heterocycles. The first-order valence-electron chi connectivity index (χ1n) is 9.63. The van der Waals surface area contributed by atoms with Crippen molar-refractivity contribution in [2.75, 3.05) is 7.11 Å². The smallest absolute Gasteiger partial charge is 0.271 e. The standard InChI is InChI=1S/C23H20N4O5/c1-15-20(13-24)22(28)26(12-11-16-3-9-19(32-2)10-4-16)23(29)21(15)14-25-17-5-7-18(8-6-17)27(30)31/h3-10,14,29H,11-12H2,1-2H3. The summed E-state index contributed by atoms with van der Waals surface area (Å²) in [5, 5.41) is 31.0. The molecular weight excluding hydrogens is 412 g/mol. The first kappa shape index (κ1) is 22.2. The molecule has 0 saturated heterocycles. The van der Waals surface area contributed by atoms with Gasteiger partial charge in [-0.15, -0.1) is 0 Å². The first-order chi connectivity index (χ1) is 15.3. The van der Waals surface area contributed by atoms with Gasteiger partial charge in [0.05, 0.1) is 23.3 Å². The maximum Gasteiger partial charge on any atom is 0.271 e. The van der Waals surface area contributed by atoms with Gasteiger partial charge in [-0.3, -0.25) is 24.5 Å². The number of aryl methyl sites for hydroxylation is 1. The largest absolute Gasteiger partial charge is 0.497 e. The van der Waals surface area contributed by atoms with Crippen LogP contribution in [-0.2, 0) is 13.0 Å². The number of aromatic hydroxyl groups is 1. The number of aliphatic imine (C=N–C) groups is 1. The summed E-state index contributed by atoms with van der Waals surface area (Å²) in [7, 11) is 1.57. The van der Waals surface area contributed by atoms with Crippen molar-refractivity contribution in [3.8, 4) is 17.7 Å². The summed E-state index contributed by atoms with van der Waals surface area (Å²) in [5.41, 5.74) is 1.16. The van der Waals surface area contributed by atoms with Crippen molar-refractivity contribution >= 4 is 17.6 Å². The minimum absolute atomic E-state index is 0.0678. The van der Waals surface area contributed by atoms with Gasteiger partial charge in [0, 0.05) is 24.9 Å². The predicted octanol–water partition coefficient (Wildman–Crippen LogP) is 3.64. The molecule has 0 aliphatic carbocycles. The van der Waals surface area contributed by atoms with E-state index in [0.717, 1.165) is 10.1 Å². The lowest BCUT2D eigenvalue weighted by Crippen LogP contribution is -2.26. The van der Waals surface area contributed by atoms with E-state index in [1.165, 1.54) is 30.5 Å². The van der Waals surface area contributed by atoms with Crippen molar-refractivity contribution in [3.63, 3.8) is 0 Å². The van der Waals surface area contributed by atoms with E-state index in [4.69, 9.17) is 4.74 Å². The van der Waals surface area contributed by atoms with Crippen LogP contribution in [0, 0.1) is 28.4 Å². The number of pyridine rings is 1. The molecule has 0 unspecified atom stereocenters. The molecule has 0 bridgehead atoms. The van der Waals surface area contributed by atoms with Crippen molar-refractivity contribution in [3.05, 3.63) is 91.3 Å². The number of hydrogen-bond acceptors (Lipinski definition) is 7. The number of methoxy groups -OCH3 is 1. The summed E-state index contributed by atoms with van der Waals surface area (Å²) in [6.07, 6.45) is 1.79. The Morgan fingerprint density at radius 2 is 1.88 bits per heavy atom. The fraction of sp³-hybridized carbons (Fsp3) is 0.174. The number of hydrogen-bond donors (Lipinski definition) is 1. The van der Waals surface area contributed by atoms with E-state index < -0.39 is 10.5 Å². The Bertz CT molecular complexity index is 1270. The molecule has 3 rings (SSSR count). The van der Waals surface area contributed by atoms with Crippen LogP contribution in [0.25, 0.3) is 0 Å². The van der Waals surface area contributed by atoms with Crippen molar-refractivity contribution in [1.82, 2.24) is 4.57 Å². The summed E-state index contributed by atoms with van der Waals surface area (Å²) in [6.45, 7) is 1.72. The molecule has 1 heterocycles. The summed E-state index contributed by atoms with van der Waals surface area (Å²) in [5.74, 6) is 0.409. The van der Waals surface area contributed by atoms with Crippen LogP contribution >= 0.6 is 0 Å². The lowest BCUT2D eigenvalue weighted by molar-refractivity contribution is -0.384. The molecular formula is C23H20N4O5. The molecule has 0 aliphatic rings. The van der Waals surface area contributed by atoms with Gasteiger partial charge in [-0.1, -0.05) is 12.1 Å². The second kappa shape index (κ2) is 9.57. The van der Waals surface area contributed by atoms with Gasteiger partial charge < -0.3 is 9.84 Å². The van der Waals surface area contributed by atoms with Crippen LogP contribution in [0.4, 0.5) is 11.4 Å². The Kier molecular flexibility index (Phi) is 6.65. The Balaban J connectivity index is 1.94. The molecule has 0 atom stereocenters. The van der Waals surface area contributed by atoms with Crippen molar-refractivity contribution in [1.29, 1.82) is 5.26 Å². The molecule has 9 nitrogen and oxygen atoms in total. The van der Waals surface area contributed by atoms with Crippen LogP contribution < -0.4 is 10.3 Å². The molecule has 32 heavy (non-hydrogen) atoms. The molecule has 0 radical (unpaired) electrons. The molecule has 2 aromatic carbocycles. The summed E-state index contributed by atoms with van der Waals surface area (Å²) < 4.78 is 6.28. The lowest BCUT2D eigenvalue weighted by atomic mass is 10.1. The first-order valence-corrected chi connectivity index (χ1v) is 9.63. The Labute approximate surface area is 183 Å². The predicted molar refractivity (Wildman–Crippen MR) is 119 cm³/mol. The Hall–Kier alpha value is -4.45. The molecule has 0 fully saturated rings. The molecule has 1 N–H and O–H groups in total. The number of nitro groups is 1. The van der Waals surface area contributed by atoms with E-state index in [0.29, 0.717) is 23.4 Å². The molecule has 1 aromatic heterocycles. The third-order valence-corrected chi connectivity index (χ3v) is 5.03. The lowest BCUT2D eigenvalue weighted by Gasteiger charge is -2.14. The molecule has 0 spiro atoms. The molecule has 3 aromatic rings. The monoisotopic (exact) mass is 432 g/mol. The van der Waals surface area contributed by atoms with E-state index in [1.54, 1.807) is 26.2 Å². The normalized spacial score (nSPS) is 10.8. The number of non-ortho nitro benzene ring substituents is 1. The zero-order chi connectivity index (χ0) is 23.3. The van der Waals surface area contributed by atoms with Gasteiger partial charge in [0.1, 0.15) is 17.4 Å². The van der Waals surface area contributed by atoms with Crippen molar-refractivity contribution < 1.29 is 14.8 Å². The molecule has 162 valence electrons. The maximum atomic E-state index is 12.7. The van der Waals surface area contributed by atoms with Gasteiger partial charge in [-0.2, -0.15) is 5.26 Å². The molecule has 0 amide bonds. The van der Waals surface area contributed by atoms with E-state index in [1.807, 2.05) is 18.2 Å².